The van der Waals surface area contributed by atoms with Crippen LogP contribution in [0, 0.1) is 0 Å². The largest absolute Gasteiger partial charge is 0.387 e. The molecule has 0 bridgehead atoms. The highest BCUT2D eigenvalue weighted by Gasteiger charge is 2.45. The second-order valence-electron chi connectivity index (χ2n) is 9.15. The Balaban J connectivity index is 1.34. The average molecular weight is 471 g/mol. The molecule has 0 saturated carbocycles. The summed E-state index contributed by atoms with van der Waals surface area (Å²) in [4.78, 5) is 24.0. The van der Waals surface area contributed by atoms with E-state index in [0.29, 0.717) is 34.2 Å². The van der Waals surface area contributed by atoms with E-state index in [9.17, 15) is 13.9 Å². The highest BCUT2D eigenvalue weighted by Crippen LogP contribution is 2.35. The first kappa shape index (κ1) is 22.8. The van der Waals surface area contributed by atoms with Crippen molar-refractivity contribution in [1.29, 1.82) is 0 Å². The number of aliphatic hydroxyl groups is 1. The van der Waals surface area contributed by atoms with Crippen LogP contribution in [0.3, 0.4) is 0 Å². The Morgan fingerprint density at radius 1 is 1.09 bits per heavy atom. The van der Waals surface area contributed by atoms with Gasteiger partial charge in [-0.25, -0.2) is 28.7 Å². The Kier molecular flexibility index (Phi) is 6.00. The fraction of sp³-hybridized carbons (Fsp3) is 0.478. The standard InChI is InChI=1S/C23H28F2N8O/c1-15(34)18-9-17-11-27-22(30-20(17)21(28-18)33-13-23(24,25)14-33)29-19-4-3-16(10-26-19)12-32-7-5-31(2)6-8-32/h3-4,9-11,15,34H,5-8,12-14H2,1-2H3,(H,26,27,29,30)/t15-/m1/s1. The van der Waals surface area contributed by atoms with Gasteiger partial charge >= 0.3 is 0 Å². The lowest BCUT2D eigenvalue weighted by atomic mass is 10.1. The van der Waals surface area contributed by atoms with E-state index in [1.54, 1.807) is 19.2 Å². The van der Waals surface area contributed by atoms with Crippen LogP contribution in [0.2, 0.25) is 0 Å². The molecule has 11 heteroatoms. The molecule has 0 unspecified atom stereocenters. The molecule has 3 aromatic heterocycles. The molecule has 5 heterocycles. The Morgan fingerprint density at radius 2 is 1.85 bits per heavy atom. The molecule has 2 N–H and O–H groups in total. The summed E-state index contributed by atoms with van der Waals surface area (Å²) in [5.74, 6) is -1.54. The third kappa shape index (κ3) is 4.91. The molecule has 180 valence electrons. The highest BCUT2D eigenvalue weighted by atomic mass is 19.3. The lowest BCUT2D eigenvalue weighted by Crippen LogP contribution is -2.56. The van der Waals surface area contributed by atoms with Crippen molar-refractivity contribution < 1.29 is 13.9 Å². The number of likely N-dealkylation sites (N-methyl/N-ethyl adjacent to an activating group) is 1. The van der Waals surface area contributed by atoms with Crippen LogP contribution in [0.1, 0.15) is 24.3 Å². The minimum atomic E-state index is -2.75. The Morgan fingerprint density at radius 3 is 2.50 bits per heavy atom. The van der Waals surface area contributed by atoms with Crippen molar-refractivity contribution >= 4 is 28.5 Å². The van der Waals surface area contributed by atoms with E-state index in [1.165, 1.54) is 4.90 Å². The molecule has 34 heavy (non-hydrogen) atoms. The molecule has 3 aromatic rings. The second kappa shape index (κ2) is 8.97. The third-order valence-electron chi connectivity index (χ3n) is 6.21. The van der Waals surface area contributed by atoms with Gasteiger partial charge in [-0.05, 0) is 31.7 Å². The fourth-order valence-corrected chi connectivity index (χ4v) is 4.17. The molecule has 0 aromatic carbocycles. The fourth-order valence-electron chi connectivity index (χ4n) is 4.17. The Bertz CT molecular complexity index is 1160. The molecule has 2 fully saturated rings. The Labute approximate surface area is 196 Å². The maximum absolute atomic E-state index is 13.5. The zero-order valence-electron chi connectivity index (χ0n) is 19.2. The van der Waals surface area contributed by atoms with Gasteiger partial charge < -0.3 is 20.2 Å². The first-order chi connectivity index (χ1) is 16.3. The quantitative estimate of drug-likeness (QED) is 0.563. The van der Waals surface area contributed by atoms with Crippen LogP contribution in [-0.4, -0.2) is 87.1 Å². The van der Waals surface area contributed by atoms with Crippen molar-refractivity contribution in [2.45, 2.75) is 25.5 Å². The summed E-state index contributed by atoms with van der Waals surface area (Å²) in [5, 5.41) is 13.7. The van der Waals surface area contributed by atoms with Crippen molar-refractivity contribution in [3.8, 4) is 0 Å². The van der Waals surface area contributed by atoms with E-state index in [2.05, 4.69) is 42.1 Å². The van der Waals surface area contributed by atoms with Gasteiger partial charge in [-0.3, -0.25) is 4.90 Å². The Hall–Kier alpha value is -3.02. The van der Waals surface area contributed by atoms with Gasteiger partial charge in [0.2, 0.25) is 5.95 Å². The van der Waals surface area contributed by atoms with E-state index >= 15 is 0 Å². The normalized spacial score (nSPS) is 19.7. The molecular formula is C23H28F2N8O. The number of hydrogen-bond acceptors (Lipinski definition) is 9. The number of hydrogen-bond donors (Lipinski definition) is 2. The molecule has 2 saturated heterocycles. The van der Waals surface area contributed by atoms with E-state index in [4.69, 9.17) is 0 Å². The van der Waals surface area contributed by atoms with Gasteiger partial charge in [-0.15, -0.1) is 0 Å². The van der Waals surface area contributed by atoms with Crippen molar-refractivity contribution in [3.63, 3.8) is 0 Å². The number of halogens is 2. The number of nitrogens with zero attached hydrogens (tertiary/aromatic N) is 7. The first-order valence-corrected chi connectivity index (χ1v) is 11.4. The third-order valence-corrected chi connectivity index (χ3v) is 6.21. The van der Waals surface area contributed by atoms with Gasteiger partial charge in [0.15, 0.2) is 5.82 Å². The molecule has 9 nitrogen and oxygen atoms in total. The van der Waals surface area contributed by atoms with Crippen molar-refractivity contribution in [2.24, 2.45) is 0 Å². The van der Waals surface area contributed by atoms with Crippen molar-refractivity contribution in [3.05, 3.63) is 41.9 Å². The highest BCUT2D eigenvalue weighted by molar-refractivity contribution is 5.90. The van der Waals surface area contributed by atoms with Gasteiger partial charge in [-0.1, -0.05) is 6.07 Å². The topological polar surface area (TPSA) is 93.5 Å². The molecule has 2 aliphatic rings. The SMILES string of the molecule is C[C@@H](O)c1cc2cnc(Nc3ccc(CN4CCN(C)CC4)cn3)nc2c(N2CC(F)(F)C2)n1. The van der Waals surface area contributed by atoms with Crippen LogP contribution in [0.25, 0.3) is 10.9 Å². The van der Waals surface area contributed by atoms with E-state index in [1.807, 2.05) is 18.3 Å². The number of rotatable bonds is 6. The summed E-state index contributed by atoms with van der Waals surface area (Å²) in [7, 11) is 2.14. The van der Waals surface area contributed by atoms with Crippen molar-refractivity contribution in [2.75, 3.05) is 56.5 Å². The van der Waals surface area contributed by atoms with Crippen LogP contribution in [0.15, 0.2) is 30.6 Å². The smallest absolute Gasteiger partial charge is 0.282 e. The number of piperazine rings is 1. The maximum atomic E-state index is 13.5. The lowest BCUT2D eigenvalue weighted by Gasteiger charge is -2.39. The van der Waals surface area contributed by atoms with Gasteiger partial charge in [0, 0.05) is 50.5 Å². The number of anilines is 3. The summed E-state index contributed by atoms with van der Waals surface area (Å²) in [6, 6.07) is 5.58. The first-order valence-electron chi connectivity index (χ1n) is 11.4. The van der Waals surface area contributed by atoms with E-state index in [0.717, 1.165) is 38.3 Å². The summed E-state index contributed by atoms with van der Waals surface area (Å²) in [6.45, 7) is 5.79. The minimum Gasteiger partial charge on any atom is -0.387 e. The number of aliphatic hydroxyl groups excluding tert-OH is 1. The van der Waals surface area contributed by atoms with Crippen LogP contribution < -0.4 is 10.2 Å². The van der Waals surface area contributed by atoms with Crippen LogP contribution in [0.5, 0.6) is 0 Å². The number of fused-ring (bicyclic) bond motifs is 1. The predicted octanol–water partition coefficient (Wildman–Crippen LogP) is 2.42. The van der Waals surface area contributed by atoms with Gasteiger partial charge in [0.05, 0.1) is 24.9 Å². The number of pyridine rings is 2. The van der Waals surface area contributed by atoms with Crippen LogP contribution in [0.4, 0.5) is 26.4 Å². The van der Waals surface area contributed by atoms with Crippen LogP contribution in [-0.2, 0) is 6.54 Å². The number of nitrogens with one attached hydrogen (secondary N) is 1. The maximum Gasteiger partial charge on any atom is 0.282 e. The summed E-state index contributed by atoms with van der Waals surface area (Å²) < 4.78 is 27.0. The second-order valence-corrected chi connectivity index (χ2v) is 9.15. The van der Waals surface area contributed by atoms with Gasteiger partial charge in [-0.2, -0.15) is 0 Å². The van der Waals surface area contributed by atoms with E-state index < -0.39 is 25.1 Å². The molecule has 5 rings (SSSR count). The lowest BCUT2D eigenvalue weighted by molar-refractivity contribution is -0.0265. The molecule has 2 aliphatic heterocycles. The zero-order valence-corrected chi connectivity index (χ0v) is 19.2. The summed E-state index contributed by atoms with van der Waals surface area (Å²) in [5.41, 5.74) is 1.97. The molecule has 0 aliphatic carbocycles. The summed E-state index contributed by atoms with van der Waals surface area (Å²) >= 11 is 0. The van der Waals surface area contributed by atoms with Crippen molar-refractivity contribution in [1.82, 2.24) is 29.7 Å². The van der Waals surface area contributed by atoms with Gasteiger partial charge in [0.25, 0.3) is 5.92 Å². The van der Waals surface area contributed by atoms with Crippen LogP contribution >= 0.6 is 0 Å². The predicted molar refractivity (Wildman–Crippen MR) is 125 cm³/mol. The average Bonchev–Trinajstić information content (AvgIpc) is 2.79. The molecular weight excluding hydrogens is 442 g/mol. The molecule has 0 radical (unpaired) electrons. The number of alkyl halides is 2. The summed E-state index contributed by atoms with van der Waals surface area (Å²) in [6.07, 6.45) is 2.60. The van der Waals surface area contributed by atoms with Gasteiger partial charge in [0.1, 0.15) is 11.3 Å². The zero-order chi connectivity index (χ0) is 23.9. The minimum absolute atomic E-state index is 0.298. The molecule has 0 amide bonds. The van der Waals surface area contributed by atoms with E-state index in [-0.39, 0.29) is 0 Å². The monoisotopic (exact) mass is 470 g/mol. The molecule has 0 spiro atoms. The molecule has 1 atom stereocenters. The number of aromatic nitrogens is 4.